The highest BCUT2D eigenvalue weighted by molar-refractivity contribution is 7.11. The third kappa shape index (κ3) is 3.67. The summed E-state index contributed by atoms with van der Waals surface area (Å²) in [5.41, 5.74) is 8.96. The predicted octanol–water partition coefficient (Wildman–Crippen LogP) is 1.73. The molecule has 0 bridgehead atoms. The summed E-state index contributed by atoms with van der Waals surface area (Å²) in [5.74, 6) is 5.79. The molecule has 0 radical (unpaired) electrons. The molecule has 0 spiro atoms. The van der Waals surface area contributed by atoms with Crippen LogP contribution in [0.5, 0.6) is 0 Å². The molecule has 0 unspecified atom stereocenters. The zero-order chi connectivity index (χ0) is 14.4. The van der Waals surface area contributed by atoms with Crippen LogP contribution in [0.15, 0.2) is 36.0 Å². The Labute approximate surface area is 122 Å². The molecule has 0 fully saturated rings. The minimum Gasteiger partial charge on any atom is -0.337 e. The summed E-state index contributed by atoms with van der Waals surface area (Å²) >= 11 is 1.35. The number of nitrogens with zero attached hydrogens (tertiary/aromatic N) is 2. The summed E-state index contributed by atoms with van der Waals surface area (Å²) in [7, 11) is 1.78. The molecule has 2 rings (SSSR count). The molecule has 0 atom stereocenters. The SMILES string of the molecule is CN(Cc1cccc(C#CCN)c1)C(=O)c1cncs1. The zero-order valence-electron chi connectivity index (χ0n) is 11.2. The van der Waals surface area contributed by atoms with E-state index in [-0.39, 0.29) is 5.91 Å². The van der Waals surface area contributed by atoms with Crippen LogP contribution < -0.4 is 5.73 Å². The fraction of sp³-hybridized carbons (Fsp3) is 0.200. The van der Waals surface area contributed by atoms with Gasteiger partial charge in [-0.3, -0.25) is 9.78 Å². The van der Waals surface area contributed by atoms with Crippen LogP contribution in [0.4, 0.5) is 0 Å². The number of rotatable bonds is 3. The normalized spacial score (nSPS) is 9.70. The lowest BCUT2D eigenvalue weighted by Gasteiger charge is -2.16. The molecular formula is C15H15N3OS. The lowest BCUT2D eigenvalue weighted by atomic mass is 10.1. The van der Waals surface area contributed by atoms with Crippen LogP contribution in [0, 0.1) is 11.8 Å². The maximum absolute atomic E-state index is 12.1. The standard InChI is InChI=1S/C15H15N3OS/c1-18(15(19)14-9-17-11-20-14)10-13-5-2-4-12(8-13)6-3-7-16/h2,4-5,8-9,11H,7,10,16H2,1H3. The van der Waals surface area contributed by atoms with Crippen molar-refractivity contribution in [2.75, 3.05) is 13.6 Å². The van der Waals surface area contributed by atoms with Gasteiger partial charge in [-0.25, -0.2) is 0 Å². The van der Waals surface area contributed by atoms with Crippen LogP contribution >= 0.6 is 11.3 Å². The van der Waals surface area contributed by atoms with E-state index in [0.717, 1.165) is 11.1 Å². The molecule has 2 N–H and O–H groups in total. The predicted molar refractivity (Wildman–Crippen MR) is 80.3 cm³/mol. The summed E-state index contributed by atoms with van der Waals surface area (Å²) in [6.07, 6.45) is 1.59. The minimum atomic E-state index is -0.0223. The number of thiazole rings is 1. The van der Waals surface area contributed by atoms with Crippen LogP contribution in [0.2, 0.25) is 0 Å². The lowest BCUT2D eigenvalue weighted by molar-refractivity contribution is 0.0789. The highest BCUT2D eigenvalue weighted by atomic mass is 32.1. The minimum absolute atomic E-state index is 0.0223. The van der Waals surface area contributed by atoms with Gasteiger partial charge in [0.15, 0.2) is 0 Å². The molecule has 0 saturated heterocycles. The highest BCUT2D eigenvalue weighted by Gasteiger charge is 2.13. The summed E-state index contributed by atoms with van der Waals surface area (Å²) in [6.45, 7) is 0.878. The van der Waals surface area contributed by atoms with Crippen molar-refractivity contribution in [2.24, 2.45) is 5.73 Å². The Bertz CT molecular complexity index is 641. The Morgan fingerprint density at radius 3 is 3.05 bits per heavy atom. The second kappa shape index (κ2) is 6.85. The van der Waals surface area contributed by atoms with Crippen molar-refractivity contribution < 1.29 is 4.79 Å². The maximum Gasteiger partial charge on any atom is 0.265 e. The van der Waals surface area contributed by atoms with Gasteiger partial charge in [0, 0.05) is 19.2 Å². The Morgan fingerprint density at radius 2 is 2.35 bits per heavy atom. The molecule has 20 heavy (non-hydrogen) atoms. The van der Waals surface area contributed by atoms with Crippen molar-refractivity contribution in [3.63, 3.8) is 0 Å². The first-order valence-electron chi connectivity index (χ1n) is 6.12. The second-order valence-electron chi connectivity index (χ2n) is 4.23. The maximum atomic E-state index is 12.1. The van der Waals surface area contributed by atoms with Crippen molar-refractivity contribution >= 4 is 17.2 Å². The number of carbonyl (C=O) groups excluding carboxylic acids is 1. The van der Waals surface area contributed by atoms with Gasteiger partial charge in [0.05, 0.1) is 18.3 Å². The summed E-state index contributed by atoms with van der Waals surface area (Å²) < 4.78 is 0. The van der Waals surface area contributed by atoms with E-state index in [1.165, 1.54) is 11.3 Å². The van der Waals surface area contributed by atoms with Crippen molar-refractivity contribution in [3.8, 4) is 11.8 Å². The highest BCUT2D eigenvalue weighted by Crippen LogP contribution is 2.12. The van der Waals surface area contributed by atoms with Crippen molar-refractivity contribution in [1.82, 2.24) is 9.88 Å². The van der Waals surface area contributed by atoms with Crippen LogP contribution in [-0.2, 0) is 6.54 Å². The molecule has 1 aromatic carbocycles. The number of carbonyl (C=O) groups is 1. The van der Waals surface area contributed by atoms with E-state index in [0.29, 0.717) is 18.0 Å². The Morgan fingerprint density at radius 1 is 1.50 bits per heavy atom. The van der Waals surface area contributed by atoms with Crippen LogP contribution in [0.1, 0.15) is 20.8 Å². The number of hydrogen-bond donors (Lipinski definition) is 1. The fourth-order valence-electron chi connectivity index (χ4n) is 1.76. The van der Waals surface area contributed by atoms with Gasteiger partial charge < -0.3 is 10.6 Å². The van der Waals surface area contributed by atoms with Crippen molar-refractivity contribution in [2.45, 2.75) is 6.54 Å². The molecular weight excluding hydrogens is 270 g/mol. The Kier molecular flexibility index (Phi) is 4.88. The summed E-state index contributed by atoms with van der Waals surface area (Å²) in [6, 6.07) is 7.81. The van der Waals surface area contributed by atoms with Crippen molar-refractivity contribution in [3.05, 3.63) is 52.0 Å². The summed E-state index contributed by atoms with van der Waals surface area (Å²) in [5, 5.41) is 0. The first-order valence-corrected chi connectivity index (χ1v) is 7.00. The number of aromatic nitrogens is 1. The molecule has 1 aromatic heterocycles. The fourth-order valence-corrected chi connectivity index (χ4v) is 2.37. The molecule has 1 amide bonds. The Balaban J connectivity index is 2.08. The van der Waals surface area contributed by atoms with Gasteiger partial charge in [0.25, 0.3) is 5.91 Å². The van der Waals surface area contributed by atoms with E-state index < -0.39 is 0 Å². The van der Waals surface area contributed by atoms with Crippen LogP contribution in [-0.4, -0.2) is 29.4 Å². The first-order chi connectivity index (χ1) is 9.70. The third-order valence-corrected chi connectivity index (χ3v) is 3.43. The molecule has 2 aromatic rings. The molecule has 0 aliphatic carbocycles. The second-order valence-corrected chi connectivity index (χ2v) is 5.12. The van der Waals surface area contributed by atoms with Gasteiger partial charge >= 0.3 is 0 Å². The third-order valence-electron chi connectivity index (χ3n) is 2.67. The molecule has 102 valence electrons. The molecule has 0 aliphatic heterocycles. The number of benzene rings is 1. The monoisotopic (exact) mass is 285 g/mol. The van der Waals surface area contributed by atoms with Gasteiger partial charge in [-0.15, -0.1) is 11.3 Å². The largest absolute Gasteiger partial charge is 0.337 e. The molecule has 5 heteroatoms. The van der Waals surface area contributed by atoms with E-state index >= 15 is 0 Å². The first kappa shape index (κ1) is 14.3. The van der Waals surface area contributed by atoms with E-state index in [1.54, 1.807) is 23.7 Å². The number of hydrogen-bond acceptors (Lipinski definition) is 4. The van der Waals surface area contributed by atoms with E-state index in [4.69, 9.17) is 5.73 Å². The average Bonchev–Trinajstić information content (AvgIpc) is 2.98. The van der Waals surface area contributed by atoms with Crippen LogP contribution in [0.25, 0.3) is 0 Å². The van der Waals surface area contributed by atoms with E-state index in [1.807, 2.05) is 24.3 Å². The van der Waals surface area contributed by atoms with Crippen LogP contribution in [0.3, 0.4) is 0 Å². The quantitative estimate of drug-likeness (QED) is 0.874. The smallest absolute Gasteiger partial charge is 0.265 e. The molecule has 1 heterocycles. The molecule has 0 aliphatic rings. The average molecular weight is 285 g/mol. The Hall–Kier alpha value is -2.16. The van der Waals surface area contributed by atoms with E-state index in [2.05, 4.69) is 16.8 Å². The van der Waals surface area contributed by atoms with Gasteiger partial charge in [-0.1, -0.05) is 24.0 Å². The molecule has 0 saturated carbocycles. The topological polar surface area (TPSA) is 59.2 Å². The van der Waals surface area contributed by atoms with E-state index in [9.17, 15) is 4.79 Å². The zero-order valence-corrected chi connectivity index (χ0v) is 12.0. The molecule has 4 nitrogen and oxygen atoms in total. The van der Waals surface area contributed by atoms with Gasteiger partial charge in [0.1, 0.15) is 4.88 Å². The van der Waals surface area contributed by atoms with Crippen molar-refractivity contribution in [1.29, 1.82) is 0 Å². The number of nitrogens with two attached hydrogens (primary N) is 1. The summed E-state index contributed by atoms with van der Waals surface area (Å²) in [4.78, 5) is 18.4. The van der Waals surface area contributed by atoms with Gasteiger partial charge in [0.2, 0.25) is 0 Å². The number of amides is 1. The van der Waals surface area contributed by atoms with Gasteiger partial charge in [-0.05, 0) is 17.7 Å². The lowest BCUT2D eigenvalue weighted by Crippen LogP contribution is -2.25. The van der Waals surface area contributed by atoms with Gasteiger partial charge in [-0.2, -0.15) is 0 Å².